The molecule has 5 nitrogen and oxygen atoms in total. The molecule has 4 aromatic rings. The summed E-state index contributed by atoms with van der Waals surface area (Å²) in [6, 6.07) is 12.8. The average molecular weight is 489 g/mol. The lowest BCUT2D eigenvalue weighted by molar-refractivity contribution is 0.368. The second-order valence-electron chi connectivity index (χ2n) is 9.91. The number of aromatic amines is 1. The summed E-state index contributed by atoms with van der Waals surface area (Å²) in [5, 5.41) is 4.62. The van der Waals surface area contributed by atoms with Crippen molar-refractivity contribution >= 4 is 27.9 Å². The minimum absolute atomic E-state index is 0.739. The van der Waals surface area contributed by atoms with Gasteiger partial charge >= 0.3 is 0 Å². The van der Waals surface area contributed by atoms with Crippen molar-refractivity contribution in [2.45, 2.75) is 19.8 Å². The third kappa shape index (κ3) is 4.70. The van der Waals surface area contributed by atoms with Crippen molar-refractivity contribution < 1.29 is 4.42 Å². The number of hydrogen-bond donors (Lipinski definition) is 2. The number of nitrogens with one attached hydrogen (secondary N) is 2. The lowest BCUT2D eigenvalue weighted by Crippen LogP contribution is -2.21. The molecule has 186 valence electrons. The van der Waals surface area contributed by atoms with Crippen LogP contribution < -0.4 is 5.32 Å². The summed E-state index contributed by atoms with van der Waals surface area (Å²) in [7, 11) is 0. The van der Waals surface area contributed by atoms with Crippen molar-refractivity contribution in [1.29, 1.82) is 0 Å². The Labute approximate surface area is 217 Å². The largest absolute Gasteiger partial charge is 0.472 e. The first-order chi connectivity index (χ1) is 18.2. The molecule has 1 saturated heterocycles. The molecule has 5 heterocycles. The highest BCUT2D eigenvalue weighted by Gasteiger charge is 2.19. The van der Waals surface area contributed by atoms with Crippen LogP contribution in [-0.2, 0) is 0 Å². The van der Waals surface area contributed by atoms with Crippen LogP contribution in [0, 0.1) is 0 Å². The zero-order valence-electron chi connectivity index (χ0n) is 21.3. The monoisotopic (exact) mass is 488 g/mol. The third-order valence-corrected chi connectivity index (χ3v) is 7.24. The topological polar surface area (TPSA) is 57.1 Å². The molecule has 2 aliphatic heterocycles. The van der Waals surface area contributed by atoms with E-state index in [4.69, 9.17) is 9.40 Å². The van der Waals surface area contributed by atoms with E-state index in [0.717, 1.165) is 63.5 Å². The molecule has 1 aromatic carbocycles. The Hall–Kier alpha value is -4.09. The Balaban J connectivity index is 1.37. The summed E-state index contributed by atoms with van der Waals surface area (Å²) in [4.78, 5) is 11.0. The van der Waals surface area contributed by atoms with Crippen LogP contribution in [0.1, 0.15) is 36.6 Å². The maximum Gasteiger partial charge on any atom is 0.134 e. The van der Waals surface area contributed by atoms with Crippen molar-refractivity contribution in [3.63, 3.8) is 0 Å². The van der Waals surface area contributed by atoms with Crippen LogP contribution >= 0.6 is 0 Å². The number of benzene rings is 1. The van der Waals surface area contributed by atoms with Gasteiger partial charge < -0.3 is 14.7 Å². The maximum atomic E-state index is 5.35. The number of likely N-dealkylation sites (tertiary alicyclic amines) is 1. The first-order valence-corrected chi connectivity index (χ1v) is 13.0. The van der Waals surface area contributed by atoms with Gasteiger partial charge in [-0.05, 0) is 68.3 Å². The molecule has 0 saturated carbocycles. The molecule has 0 atom stereocenters. The Morgan fingerprint density at radius 2 is 2.05 bits per heavy atom. The number of furan rings is 1. The van der Waals surface area contributed by atoms with Gasteiger partial charge in [0.05, 0.1) is 12.5 Å². The first-order valence-electron chi connectivity index (χ1n) is 13.0. The SMILES string of the molecule is C=C/C=C(\C=C(/C)CN1CCCC1)c1cnc2c(c1)C(c1cc3c(-c4ccoc4)cccc3[nH]1)=CCN2. The number of nitrogens with zero attached hydrogens (tertiary/aromatic N) is 2. The normalized spacial score (nSPS) is 16.5. The Morgan fingerprint density at radius 3 is 2.86 bits per heavy atom. The molecule has 6 rings (SSSR count). The Morgan fingerprint density at radius 1 is 1.16 bits per heavy atom. The van der Waals surface area contributed by atoms with Crippen LogP contribution in [0.3, 0.4) is 0 Å². The van der Waals surface area contributed by atoms with Crippen LogP contribution in [-0.4, -0.2) is 41.0 Å². The number of pyridine rings is 1. The number of allylic oxidation sites excluding steroid dienone is 4. The quantitative estimate of drug-likeness (QED) is 0.268. The van der Waals surface area contributed by atoms with Crippen LogP contribution in [0.5, 0.6) is 0 Å². The zero-order chi connectivity index (χ0) is 25.2. The predicted octanol–water partition coefficient (Wildman–Crippen LogP) is 7.29. The molecule has 37 heavy (non-hydrogen) atoms. The molecule has 0 unspecified atom stereocenters. The van der Waals surface area contributed by atoms with E-state index in [9.17, 15) is 0 Å². The summed E-state index contributed by atoms with van der Waals surface area (Å²) in [6.07, 6.45) is 16.5. The van der Waals surface area contributed by atoms with E-state index in [0.29, 0.717) is 0 Å². The van der Waals surface area contributed by atoms with Gasteiger partial charge in [0.2, 0.25) is 0 Å². The molecule has 3 aromatic heterocycles. The molecule has 0 amide bonds. The van der Waals surface area contributed by atoms with E-state index < -0.39 is 0 Å². The molecular formula is C32H32N4O. The number of H-pyrrole nitrogens is 1. The summed E-state index contributed by atoms with van der Waals surface area (Å²) in [5.41, 5.74) is 10.3. The van der Waals surface area contributed by atoms with Crippen molar-refractivity contribution in [2.24, 2.45) is 0 Å². The Bertz CT molecular complexity index is 1530. The second-order valence-corrected chi connectivity index (χ2v) is 9.91. The summed E-state index contributed by atoms with van der Waals surface area (Å²) < 4.78 is 5.35. The lowest BCUT2D eigenvalue weighted by atomic mass is 9.95. The number of anilines is 1. The van der Waals surface area contributed by atoms with Crippen LogP contribution in [0.25, 0.3) is 33.2 Å². The fraction of sp³-hybridized carbons (Fsp3) is 0.219. The zero-order valence-corrected chi connectivity index (χ0v) is 21.3. The Kier molecular flexibility index (Phi) is 6.37. The van der Waals surface area contributed by atoms with Gasteiger partial charge in [0.15, 0.2) is 0 Å². The highest BCUT2D eigenvalue weighted by Crippen LogP contribution is 2.37. The minimum Gasteiger partial charge on any atom is -0.472 e. The molecule has 0 aliphatic carbocycles. The van der Waals surface area contributed by atoms with Crippen LogP contribution in [0.2, 0.25) is 0 Å². The molecule has 5 heteroatoms. The predicted molar refractivity (Wildman–Crippen MR) is 153 cm³/mol. The summed E-state index contributed by atoms with van der Waals surface area (Å²) in [5.74, 6) is 0.908. The molecule has 2 aliphatic rings. The number of rotatable bonds is 7. The van der Waals surface area contributed by atoms with Crippen molar-refractivity contribution in [3.05, 3.63) is 108 Å². The minimum atomic E-state index is 0.739. The van der Waals surface area contributed by atoms with E-state index in [1.165, 1.54) is 36.9 Å². The third-order valence-electron chi connectivity index (χ3n) is 7.24. The van der Waals surface area contributed by atoms with Gasteiger partial charge in [-0.2, -0.15) is 0 Å². The van der Waals surface area contributed by atoms with Crippen molar-refractivity contribution in [1.82, 2.24) is 14.9 Å². The van der Waals surface area contributed by atoms with Gasteiger partial charge in [-0.1, -0.05) is 48.6 Å². The standard InChI is InChI=1S/C32H32N4O/c1-3-7-23(16-22(2)20-36-13-4-5-14-36)25-17-29-27(10-12-33-32(29)34-19-25)31-18-28-26(24-11-15-37-21-24)8-6-9-30(28)35-31/h3,6-11,15-19,21,35H,1,4-5,12-14,20H2,2H3,(H,33,34)/b22-16+,23-7+. The fourth-order valence-corrected chi connectivity index (χ4v) is 5.51. The van der Waals surface area contributed by atoms with E-state index in [2.05, 4.69) is 77.3 Å². The van der Waals surface area contributed by atoms with Gasteiger partial charge in [-0.25, -0.2) is 4.98 Å². The summed E-state index contributed by atoms with van der Waals surface area (Å²) >= 11 is 0. The smallest absolute Gasteiger partial charge is 0.134 e. The maximum absolute atomic E-state index is 5.35. The van der Waals surface area contributed by atoms with Gasteiger partial charge in [-0.15, -0.1) is 0 Å². The van der Waals surface area contributed by atoms with Crippen molar-refractivity contribution in [3.8, 4) is 11.1 Å². The van der Waals surface area contributed by atoms with Gasteiger partial charge in [0.1, 0.15) is 5.82 Å². The number of aromatic nitrogens is 2. The highest BCUT2D eigenvalue weighted by molar-refractivity contribution is 5.99. The molecule has 0 bridgehead atoms. The summed E-state index contributed by atoms with van der Waals surface area (Å²) in [6.45, 7) is 10.3. The van der Waals surface area contributed by atoms with E-state index in [1.807, 2.05) is 18.3 Å². The lowest BCUT2D eigenvalue weighted by Gasteiger charge is -2.19. The molecule has 2 N–H and O–H groups in total. The average Bonchev–Trinajstić information content (AvgIpc) is 3.70. The first kappa shape index (κ1) is 23.3. The van der Waals surface area contributed by atoms with Gasteiger partial charge in [-0.3, -0.25) is 4.90 Å². The number of fused-ring (bicyclic) bond motifs is 2. The van der Waals surface area contributed by atoms with E-state index in [-0.39, 0.29) is 0 Å². The number of hydrogen-bond acceptors (Lipinski definition) is 4. The van der Waals surface area contributed by atoms with E-state index >= 15 is 0 Å². The molecule has 1 fully saturated rings. The van der Waals surface area contributed by atoms with Crippen LogP contribution in [0.4, 0.5) is 5.82 Å². The van der Waals surface area contributed by atoms with Gasteiger partial charge in [0.25, 0.3) is 0 Å². The van der Waals surface area contributed by atoms with Crippen LogP contribution in [0.15, 0.2) is 96.0 Å². The fourth-order valence-electron chi connectivity index (χ4n) is 5.51. The highest BCUT2D eigenvalue weighted by atomic mass is 16.3. The molecule has 0 spiro atoms. The van der Waals surface area contributed by atoms with E-state index in [1.54, 1.807) is 12.5 Å². The second kappa shape index (κ2) is 10.1. The molecule has 0 radical (unpaired) electrons. The van der Waals surface area contributed by atoms with Crippen molar-refractivity contribution in [2.75, 3.05) is 31.5 Å². The molecular weight excluding hydrogens is 456 g/mol. The van der Waals surface area contributed by atoms with Gasteiger partial charge in [0, 0.05) is 58.1 Å².